The maximum atomic E-state index is 11.7. The van der Waals surface area contributed by atoms with E-state index in [2.05, 4.69) is 5.32 Å². The Labute approximate surface area is 107 Å². The molecule has 100 valence electrons. The third kappa shape index (κ3) is 4.12. The van der Waals surface area contributed by atoms with Gasteiger partial charge in [0, 0.05) is 11.1 Å². The molecule has 0 aliphatic heterocycles. The molecule has 0 fully saturated rings. The first kappa shape index (κ1) is 14.7. The fourth-order valence-electron chi connectivity index (χ4n) is 1.23. The average molecular weight is 270 g/mol. The Bertz CT molecular complexity index is 545. The predicted octanol–water partition coefficient (Wildman–Crippen LogP) is 1.36. The van der Waals surface area contributed by atoms with E-state index in [0.717, 1.165) is 0 Å². The van der Waals surface area contributed by atoms with Crippen molar-refractivity contribution in [3.8, 4) is 0 Å². The van der Waals surface area contributed by atoms with Gasteiger partial charge in [-0.1, -0.05) is 26.8 Å². The van der Waals surface area contributed by atoms with Gasteiger partial charge in [-0.3, -0.25) is 4.79 Å². The molecule has 0 radical (unpaired) electrons. The summed E-state index contributed by atoms with van der Waals surface area (Å²) < 4.78 is 22.3. The highest BCUT2D eigenvalue weighted by Crippen LogP contribution is 2.17. The third-order valence-corrected chi connectivity index (χ3v) is 3.36. The van der Waals surface area contributed by atoms with Crippen molar-refractivity contribution in [2.45, 2.75) is 25.7 Å². The zero-order chi connectivity index (χ0) is 14.0. The maximum absolute atomic E-state index is 11.7. The molecule has 1 rings (SSSR count). The summed E-state index contributed by atoms with van der Waals surface area (Å²) in [5, 5.41) is 7.92. The lowest BCUT2D eigenvalue weighted by Gasteiger charge is -2.17. The van der Waals surface area contributed by atoms with Crippen LogP contribution in [0.15, 0.2) is 29.2 Å². The van der Waals surface area contributed by atoms with E-state index in [1.165, 1.54) is 12.1 Å². The molecule has 5 nitrogen and oxygen atoms in total. The third-order valence-electron chi connectivity index (χ3n) is 2.45. The number of sulfonamides is 1. The van der Waals surface area contributed by atoms with Crippen LogP contribution in [-0.4, -0.2) is 20.7 Å². The number of hydrogen-bond acceptors (Lipinski definition) is 4. The summed E-state index contributed by atoms with van der Waals surface area (Å²) in [6.07, 6.45) is 0. The van der Waals surface area contributed by atoms with Gasteiger partial charge in [0.15, 0.2) is 5.78 Å². The molecule has 18 heavy (non-hydrogen) atoms. The molecule has 1 aromatic rings. The lowest BCUT2D eigenvalue weighted by Crippen LogP contribution is -2.27. The number of carbonyl (C=O) groups excluding carboxylic acids is 1. The van der Waals surface area contributed by atoms with Crippen molar-refractivity contribution >= 4 is 21.5 Å². The van der Waals surface area contributed by atoms with Gasteiger partial charge in [0.05, 0.1) is 11.4 Å². The minimum absolute atomic E-state index is 0.0238. The molecular weight excluding hydrogens is 252 g/mol. The Morgan fingerprint density at radius 3 is 2.44 bits per heavy atom. The quantitative estimate of drug-likeness (QED) is 0.864. The van der Waals surface area contributed by atoms with Crippen LogP contribution >= 0.6 is 0 Å². The number of ketones is 1. The number of hydrogen-bond donors (Lipinski definition) is 2. The lowest BCUT2D eigenvalue weighted by atomic mass is 9.91. The molecule has 0 saturated carbocycles. The van der Waals surface area contributed by atoms with Gasteiger partial charge in [0.2, 0.25) is 10.0 Å². The highest BCUT2D eigenvalue weighted by Gasteiger charge is 2.20. The number of nitrogens with two attached hydrogens (primary N) is 1. The second-order valence-corrected chi connectivity index (χ2v) is 6.66. The molecule has 0 aliphatic rings. The van der Waals surface area contributed by atoms with E-state index in [4.69, 9.17) is 5.14 Å². The van der Waals surface area contributed by atoms with Gasteiger partial charge in [0.1, 0.15) is 0 Å². The van der Waals surface area contributed by atoms with Crippen LogP contribution in [0.2, 0.25) is 0 Å². The zero-order valence-electron chi connectivity index (χ0n) is 10.7. The number of carbonyl (C=O) groups is 1. The second-order valence-electron chi connectivity index (χ2n) is 5.10. The standard InChI is InChI=1S/C12H18N2O3S/c1-12(2,3)11(15)8-14-9-5-4-6-10(7-9)18(13,16)17/h4-7,14H,8H2,1-3H3,(H2,13,16,17). The highest BCUT2D eigenvalue weighted by molar-refractivity contribution is 7.89. The van der Waals surface area contributed by atoms with Crippen LogP contribution in [0, 0.1) is 5.41 Å². The van der Waals surface area contributed by atoms with Crippen molar-refractivity contribution in [3.05, 3.63) is 24.3 Å². The van der Waals surface area contributed by atoms with Crippen LogP contribution in [0.4, 0.5) is 5.69 Å². The van der Waals surface area contributed by atoms with Crippen molar-refractivity contribution in [2.24, 2.45) is 10.6 Å². The molecule has 0 aliphatic carbocycles. The van der Waals surface area contributed by atoms with E-state index >= 15 is 0 Å². The minimum atomic E-state index is -3.72. The number of Topliss-reactive ketones (excluding diaryl/α,β-unsaturated/α-hetero) is 1. The molecule has 0 bridgehead atoms. The van der Waals surface area contributed by atoms with Gasteiger partial charge >= 0.3 is 0 Å². The first-order valence-electron chi connectivity index (χ1n) is 5.51. The zero-order valence-corrected chi connectivity index (χ0v) is 11.5. The smallest absolute Gasteiger partial charge is 0.238 e. The number of rotatable bonds is 4. The average Bonchev–Trinajstić information content (AvgIpc) is 2.23. The van der Waals surface area contributed by atoms with Gasteiger partial charge in [0.25, 0.3) is 0 Å². The van der Waals surface area contributed by atoms with Crippen molar-refractivity contribution in [1.82, 2.24) is 0 Å². The fraction of sp³-hybridized carbons (Fsp3) is 0.417. The lowest BCUT2D eigenvalue weighted by molar-refractivity contribution is -0.124. The Kier molecular flexibility index (Phi) is 4.13. The van der Waals surface area contributed by atoms with Gasteiger partial charge < -0.3 is 5.32 Å². The van der Waals surface area contributed by atoms with E-state index in [1.54, 1.807) is 12.1 Å². The van der Waals surface area contributed by atoms with Crippen LogP contribution in [0.1, 0.15) is 20.8 Å². The Hall–Kier alpha value is -1.40. The van der Waals surface area contributed by atoms with Crippen LogP contribution in [0.3, 0.4) is 0 Å². The molecule has 0 spiro atoms. The molecule has 0 heterocycles. The summed E-state index contributed by atoms with van der Waals surface area (Å²) in [4.78, 5) is 11.7. The van der Waals surface area contributed by atoms with Crippen molar-refractivity contribution in [1.29, 1.82) is 0 Å². The minimum Gasteiger partial charge on any atom is -0.378 e. The van der Waals surface area contributed by atoms with E-state index in [9.17, 15) is 13.2 Å². The largest absolute Gasteiger partial charge is 0.378 e. The van der Waals surface area contributed by atoms with Crippen LogP contribution < -0.4 is 10.5 Å². The molecule has 0 amide bonds. The molecule has 6 heteroatoms. The molecule has 0 aromatic heterocycles. The van der Waals surface area contributed by atoms with Crippen molar-refractivity contribution in [3.63, 3.8) is 0 Å². The summed E-state index contributed by atoms with van der Waals surface area (Å²) in [7, 11) is -3.72. The SMILES string of the molecule is CC(C)(C)C(=O)CNc1cccc(S(N)(=O)=O)c1. The topological polar surface area (TPSA) is 89.3 Å². The van der Waals surface area contributed by atoms with Gasteiger partial charge in [-0.15, -0.1) is 0 Å². The Morgan fingerprint density at radius 1 is 1.33 bits per heavy atom. The number of benzene rings is 1. The van der Waals surface area contributed by atoms with Gasteiger partial charge in [-0.05, 0) is 18.2 Å². The Morgan fingerprint density at radius 2 is 1.94 bits per heavy atom. The Balaban J connectivity index is 2.79. The maximum Gasteiger partial charge on any atom is 0.238 e. The molecule has 3 N–H and O–H groups in total. The van der Waals surface area contributed by atoms with E-state index in [0.29, 0.717) is 5.69 Å². The van der Waals surface area contributed by atoms with Gasteiger partial charge in [-0.25, -0.2) is 13.6 Å². The normalized spacial score (nSPS) is 12.2. The fourth-order valence-corrected chi connectivity index (χ4v) is 1.79. The van der Waals surface area contributed by atoms with Crippen LogP contribution in [-0.2, 0) is 14.8 Å². The van der Waals surface area contributed by atoms with E-state index < -0.39 is 15.4 Å². The molecule has 0 atom stereocenters. The van der Waals surface area contributed by atoms with E-state index in [1.807, 2.05) is 20.8 Å². The van der Waals surface area contributed by atoms with Gasteiger partial charge in [-0.2, -0.15) is 0 Å². The number of primary sulfonamides is 1. The van der Waals surface area contributed by atoms with Crippen LogP contribution in [0.25, 0.3) is 0 Å². The predicted molar refractivity (Wildman–Crippen MR) is 70.8 cm³/mol. The summed E-state index contributed by atoms with van der Waals surface area (Å²) in [6, 6.07) is 6.08. The first-order valence-corrected chi connectivity index (χ1v) is 7.05. The summed E-state index contributed by atoms with van der Waals surface area (Å²) >= 11 is 0. The van der Waals surface area contributed by atoms with Crippen molar-refractivity contribution < 1.29 is 13.2 Å². The first-order chi connectivity index (χ1) is 8.10. The molecule has 0 unspecified atom stereocenters. The number of anilines is 1. The number of nitrogens with one attached hydrogen (secondary N) is 1. The van der Waals surface area contributed by atoms with Crippen LogP contribution in [0.5, 0.6) is 0 Å². The molecule has 1 aromatic carbocycles. The monoisotopic (exact) mass is 270 g/mol. The van der Waals surface area contributed by atoms with E-state index in [-0.39, 0.29) is 17.2 Å². The second kappa shape index (κ2) is 5.07. The molecule has 0 saturated heterocycles. The summed E-state index contributed by atoms with van der Waals surface area (Å²) in [5.74, 6) is 0.0449. The highest BCUT2D eigenvalue weighted by atomic mass is 32.2. The molecular formula is C12H18N2O3S. The van der Waals surface area contributed by atoms with Crippen molar-refractivity contribution in [2.75, 3.05) is 11.9 Å². The summed E-state index contributed by atoms with van der Waals surface area (Å²) in [5.41, 5.74) is 0.129. The summed E-state index contributed by atoms with van der Waals surface area (Å²) in [6.45, 7) is 5.64.